The Hall–Kier alpha value is -3.23. The Morgan fingerprint density at radius 2 is 2.00 bits per heavy atom. The summed E-state index contributed by atoms with van der Waals surface area (Å²) in [6.45, 7) is 4.85. The van der Waals surface area contributed by atoms with Gasteiger partial charge in [-0.15, -0.1) is 0 Å². The van der Waals surface area contributed by atoms with Crippen molar-refractivity contribution in [1.82, 2.24) is 19.8 Å². The molecule has 9 nitrogen and oxygen atoms in total. The smallest absolute Gasteiger partial charge is 0.285 e. The summed E-state index contributed by atoms with van der Waals surface area (Å²) in [6.07, 6.45) is 2.33. The third-order valence-electron chi connectivity index (χ3n) is 5.64. The number of likely N-dealkylation sites (tertiary alicyclic amines) is 2. The fraction of sp³-hybridized carbons (Fsp3) is 0.421. The van der Waals surface area contributed by atoms with Gasteiger partial charge in [0.2, 0.25) is 0 Å². The molecule has 28 heavy (non-hydrogen) atoms. The monoisotopic (exact) mass is 383 g/mol. The van der Waals surface area contributed by atoms with Crippen LogP contribution in [0.5, 0.6) is 0 Å². The normalized spacial score (nSPS) is 21.1. The number of carbonyl (C=O) groups excluding carboxylic acids is 2. The summed E-state index contributed by atoms with van der Waals surface area (Å²) >= 11 is 0. The largest absolute Gasteiger partial charge is 0.348 e. The van der Waals surface area contributed by atoms with Gasteiger partial charge in [0.15, 0.2) is 0 Å². The molecule has 0 saturated carbocycles. The van der Waals surface area contributed by atoms with E-state index >= 15 is 0 Å². The Morgan fingerprint density at radius 1 is 1.21 bits per heavy atom. The van der Waals surface area contributed by atoms with Gasteiger partial charge in [0.1, 0.15) is 11.3 Å². The van der Waals surface area contributed by atoms with Crippen molar-refractivity contribution in [3.63, 3.8) is 0 Å². The molecule has 0 radical (unpaired) electrons. The molecule has 2 atom stereocenters. The van der Waals surface area contributed by atoms with Gasteiger partial charge in [-0.2, -0.15) is 0 Å². The maximum atomic E-state index is 13.1. The van der Waals surface area contributed by atoms with Crippen LogP contribution < -0.4 is 0 Å². The molecule has 146 valence electrons. The summed E-state index contributed by atoms with van der Waals surface area (Å²) < 4.78 is 0. The molecule has 2 aliphatic rings. The lowest BCUT2D eigenvalue weighted by molar-refractivity contribution is -0.385. The molecule has 1 aromatic carbocycles. The van der Waals surface area contributed by atoms with Gasteiger partial charge in [-0.3, -0.25) is 19.7 Å². The van der Waals surface area contributed by atoms with Gasteiger partial charge in [0.25, 0.3) is 17.5 Å². The molecule has 2 saturated heterocycles. The highest BCUT2D eigenvalue weighted by Crippen LogP contribution is 2.33. The van der Waals surface area contributed by atoms with Gasteiger partial charge in [-0.1, -0.05) is 12.1 Å². The summed E-state index contributed by atoms with van der Waals surface area (Å²) in [6, 6.07) is 4.68. The number of aryl methyl sites for hydroxylation is 2. The van der Waals surface area contributed by atoms with Crippen LogP contribution >= 0.6 is 0 Å². The number of benzene rings is 1. The number of piperidine rings is 1. The Morgan fingerprint density at radius 3 is 2.68 bits per heavy atom. The van der Waals surface area contributed by atoms with Crippen molar-refractivity contribution in [3.05, 3.63) is 57.2 Å². The summed E-state index contributed by atoms with van der Waals surface area (Å²) in [4.78, 5) is 47.3. The van der Waals surface area contributed by atoms with E-state index in [4.69, 9.17) is 0 Å². The molecule has 0 aliphatic carbocycles. The first kappa shape index (κ1) is 18.1. The highest BCUT2D eigenvalue weighted by atomic mass is 16.6. The zero-order chi connectivity index (χ0) is 20.0. The van der Waals surface area contributed by atoms with E-state index in [1.807, 2.05) is 0 Å². The molecule has 2 bridgehead atoms. The molecular weight excluding hydrogens is 362 g/mol. The zero-order valence-corrected chi connectivity index (χ0v) is 15.7. The minimum absolute atomic E-state index is 0.102. The van der Waals surface area contributed by atoms with Crippen molar-refractivity contribution in [2.75, 3.05) is 19.6 Å². The van der Waals surface area contributed by atoms with Crippen LogP contribution in [0.2, 0.25) is 0 Å². The number of nitro groups is 1. The molecule has 2 aromatic rings. The fourth-order valence-corrected chi connectivity index (χ4v) is 4.33. The lowest BCUT2D eigenvalue weighted by Gasteiger charge is -2.32. The first-order valence-electron chi connectivity index (χ1n) is 9.21. The minimum atomic E-state index is -0.503. The predicted octanol–water partition coefficient (Wildman–Crippen LogP) is 1.92. The van der Waals surface area contributed by atoms with Crippen molar-refractivity contribution < 1.29 is 14.5 Å². The maximum Gasteiger partial charge on any atom is 0.285 e. The van der Waals surface area contributed by atoms with Gasteiger partial charge in [-0.05, 0) is 32.3 Å². The van der Waals surface area contributed by atoms with Crippen LogP contribution in [0.1, 0.15) is 38.5 Å². The predicted molar refractivity (Wildman–Crippen MR) is 100.0 cm³/mol. The Bertz CT molecular complexity index is 969. The maximum absolute atomic E-state index is 13.1. The number of amides is 2. The van der Waals surface area contributed by atoms with Gasteiger partial charge < -0.3 is 14.8 Å². The van der Waals surface area contributed by atoms with E-state index in [9.17, 15) is 19.7 Å². The molecule has 3 heterocycles. The first-order chi connectivity index (χ1) is 13.4. The quantitative estimate of drug-likeness (QED) is 0.643. The van der Waals surface area contributed by atoms with E-state index in [1.54, 1.807) is 35.8 Å². The van der Waals surface area contributed by atoms with E-state index in [-0.39, 0.29) is 35.0 Å². The number of imidazole rings is 1. The van der Waals surface area contributed by atoms with E-state index in [2.05, 4.69) is 9.97 Å². The molecule has 4 rings (SSSR count). The number of aromatic nitrogens is 2. The number of fused-ring (bicyclic) bond motifs is 2. The van der Waals surface area contributed by atoms with Crippen LogP contribution in [-0.4, -0.2) is 62.2 Å². The minimum Gasteiger partial charge on any atom is -0.348 e. The van der Waals surface area contributed by atoms with Crippen LogP contribution in [0.15, 0.2) is 24.5 Å². The lowest BCUT2D eigenvalue weighted by atomic mass is 9.98. The topological polar surface area (TPSA) is 112 Å². The summed E-state index contributed by atoms with van der Waals surface area (Å²) in [7, 11) is 0. The number of nitrogens with zero attached hydrogens (tertiary/aromatic N) is 4. The number of hydrogen-bond acceptors (Lipinski definition) is 5. The third-order valence-corrected chi connectivity index (χ3v) is 5.64. The van der Waals surface area contributed by atoms with Crippen LogP contribution in [0.3, 0.4) is 0 Å². The van der Waals surface area contributed by atoms with Crippen molar-refractivity contribution in [2.24, 2.45) is 5.92 Å². The number of H-pyrrole nitrogens is 1. The molecule has 1 N–H and O–H groups in total. The van der Waals surface area contributed by atoms with Crippen molar-refractivity contribution in [2.45, 2.75) is 26.3 Å². The van der Waals surface area contributed by atoms with Gasteiger partial charge >= 0.3 is 0 Å². The zero-order valence-electron chi connectivity index (χ0n) is 15.7. The lowest BCUT2D eigenvalue weighted by Crippen LogP contribution is -2.46. The Labute approximate surface area is 161 Å². The van der Waals surface area contributed by atoms with Crippen LogP contribution in [0.4, 0.5) is 5.69 Å². The third kappa shape index (κ3) is 2.92. The summed E-state index contributed by atoms with van der Waals surface area (Å²) in [5.74, 6) is -0.327. The molecule has 2 aliphatic heterocycles. The molecule has 1 aromatic heterocycles. The number of hydrogen-bond donors (Lipinski definition) is 1. The van der Waals surface area contributed by atoms with Crippen molar-refractivity contribution >= 4 is 17.5 Å². The van der Waals surface area contributed by atoms with Crippen molar-refractivity contribution in [3.8, 4) is 0 Å². The van der Waals surface area contributed by atoms with Gasteiger partial charge in [-0.25, -0.2) is 4.98 Å². The van der Waals surface area contributed by atoms with E-state index < -0.39 is 4.92 Å². The average molecular weight is 383 g/mol. The number of nitrogens with one attached hydrogen (secondary N) is 1. The molecule has 2 unspecified atom stereocenters. The van der Waals surface area contributed by atoms with Crippen LogP contribution in [0.25, 0.3) is 0 Å². The first-order valence-corrected chi connectivity index (χ1v) is 9.21. The van der Waals surface area contributed by atoms with Crippen LogP contribution in [0, 0.1) is 29.9 Å². The Kier molecular flexibility index (Phi) is 4.37. The Balaban J connectivity index is 1.57. The van der Waals surface area contributed by atoms with E-state index in [1.165, 1.54) is 12.4 Å². The number of rotatable bonds is 3. The number of aromatic amines is 1. The highest BCUT2D eigenvalue weighted by molar-refractivity contribution is 5.99. The van der Waals surface area contributed by atoms with Gasteiger partial charge in [0.05, 0.1) is 17.3 Å². The SMILES string of the molecule is Cc1cccc(C(=O)N2CC3CC(C2)N(C(=O)c2nc[nH]c2C)C3)c1[N+](=O)[O-]. The summed E-state index contributed by atoms with van der Waals surface area (Å²) in [5, 5.41) is 11.4. The number of para-hydroxylation sites is 1. The van der Waals surface area contributed by atoms with Crippen molar-refractivity contribution in [1.29, 1.82) is 0 Å². The summed E-state index contributed by atoms with van der Waals surface area (Å²) in [5.41, 5.74) is 1.54. The number of nitro benzene ring substituents is 1. The standard InChI is InChI=1S/C19H21N5O4/c1-11-4-3-5-15(17(11)24(27)28)18(25)22-7-13-6-14(9-22)23(8-13)19(26)16-12(2)20-10-21-16/h3-5,10,13-14H,6-9H2,1-2H3,(H,20,21). The fourth-order valence-electron chi connectivity index (χ4n) is 4.33. The molecule has 2 amide bonds. The second kappa shape index (κ2) is 6.74. The van der Waals surface area contributed by atoms with Gasteiger partial charge in [0, 0.05) is 30.9 Å². The average Bonchev–Trinajstić information content (AvgIpc) is 3.22. The molecular formula is C19H21N5O4. The molecule has 0 spiro atoms. The van der Waals surface area contributed by atoms with E-state index in [0.717, 1.165) is 12.1 Å². The highest BCUT2D eigenvalue weighted by Gasteiger charge is 2.43. The van der Waals surface area contributed by atoms with Crippen LogP contribution in [-0.2, 0) is 0 Å². The second-order valence-corrected chi connectivity index (χ2v) is 7.53. The molecule has 9 heteroatoms. The second-order valence-electron chi connectivity index (χ2n) is 7.53. The van der Waals surface area contributed by atoms with E-state index in [0.29, 0.717) is 30.9 Å². The number of carbonyl (C=O) groups is 2. The molecule has 2 fully saturated rings.